The van der Waals surface area contributed by atoms with Crippen LogP contribution < -0.4 is 0 Å². The first-order valence-corrected chi connectivity index (χ1v) is 28.1. The molecule has 0 unspecified atom stereocenters. The molecule has 0 saturated heterocycles. The van der Waals surface area contributed by atoms with Crippen LogP contribution in [0.25, 0.3) is 130 Å². The second-order valence-corrected chi connectivity index (χ2v) is 20.2. The van der Waals surface area contributed by atoms with Crippen LogP contribution in [-0.4, -0.2) is 29.9 Å². The smallest absolute Gasteiger partial charge is 0.0780 e. The van der Waals surface area contributed by atoms with Gasteiger partial charge in [0.15, 0.2) is 0 Å². The third-order valence-corrected chi connectivity index (χ3v) is 15.0. The van der Waals surface area contributed by atoms with Crippen LogP contribution in [0.4, 0.5) is 0 Å². The predicted octanol–water partition coefficient (Wildman–Crippen LogP) is 20.3. The molecule has 0 fully saturated rings. The molecule has 396 valence electrons. The zero-order valence-electron chi connectivity index (χ0n) is 45.9. The summed E-state index contributed by atoms with van der Waals surface area (Å²) in [5.74, 6) is 0. The van der Waals surface area contributed by atoms with Gasteiger partial charge in [0, 0.05) is 102 Å². The molecule has 0 radical (unpaired) electrons. The van der Waals surface area contributed by atoms with Gasteiger partial charge in [0.05, 0.1) is 33.1 Å². The number of nitrogens with zero attached hydrogens (tertiary/aromatic N) is 6. The van der Waals surface area contributed by atoms with Crippen molar-refractivity contribution >= 4 is 130 Å². The van der Waals surface area contributed by atoms with Gasteiger partial charge in [-0.15, -0.1) is 0 Å². The van der Waals surface area contributed by atoms with E-state index in [0.717, 1.165) is 33.1 Å². The Hall–Kier alpha value is -11.3. The SMILES string of the molecule is c1ccc2c(c1)ccc1cccnc12.c1ccc2c(c1)ccc1cccnc12.c1ccc2c(c1)ccc1cccnc12.c1ccc2c(c1)ccc1cccnc12.c1ccc2c(c1)ccc1cccnc12.c1ccc2c(c1)cnc1ccccc12. The fourth-order valence-corrected chi connectivity index (χ4v) is 10.9. The number of aromatic nitrogens is 6. The molecule has 6 heterocycles. The summed E-state index contributed by atoms with van der Waals surface area (Å²) >= 11 is 0. The molecule has 0 aliphatic heterocycles. The molecular formula is C78H54N6. The van der Waals surface area contributed by atoms with Crippen LogP contribution >= 0.6 is 0 Å². The largest absolute Gasteiger partial charge is 0.256 e. The van der Waals surface area contributed by atoms with E-state index in [2.05, 4.69) is 273 Å². The van der Waals surface area contributed by atoms with E-state index in [4.69, 9.17) is 0 Å². The zero-order chi connectivity index (χ0) is 56.3. The minimum Gasteiger partial charge on any atom is -0.256 e. The normalized spacial score (nSPS) is 10.9. The highest BCUT2D eigenvalue weighted by molar-refractivity contribution is 6.09. The summed E-state index contributed by atoms with van der Waals surface area (Å²) in [7, 11) is 0. The Kier molecular flexibility index (Phi) is 15.2. The number of hydrogen-bond acceptors (Lipinski definition) is 6. The molecule has 6 heteroatoms. The van der Waals surface area contributed by atoms with E-state index < -0.39 is 0 Å². The van der Waals surface area contributed by atoms with E-state index in [1.165, 1.54) is 97.0 Å². The highest BCUT2D eigenvalue weighted by Crippen LogP contribution is 2.28. The zero-order valence-corrected chi connectivity index (χ0v) is 45.9. The molecule has 12 aromatic carbocycles. The average Bonchev–Trinajstić information content (AvgIpc) is 3.70. The summed E-state index contributed by atoms with van der Waals surface area (Å²) in [5.41, 5.74) is 6.50. The fourth-order valence-electron chi connectivity index (χ4n) is 10.9. The molecule has 0 atom stereocenters. The summed E-state index contributed by atoms with van der Waals surface area (Å²) in [6.07, 6.45) is 11.1. The molecule has 0 aliphatic carbocycles. The Balaban J connectivity index is 0.0000000940. The predicted molar refractivity (Wildman–Crippen MR) is 355 cm³/mol. The standard InChI is InChI=1S/6C13H9N/c1-2-6-11-10(5-1)9-14-13-8-4-3-7-12(11)13;5*1-2-6-12-10(4-1)7-8-11-5-3-9-14-13(11)12/h6*1-9H. The lowest BCUT2D eigenvalue weighted by atomic mass is 10.1. The maximum absolute atomic E-state index is 4.41. The van der Waals surface area contributed by atoms with E-state index in [-0.39, 0.29) is 0 Å². The van der Waals surface area contributed by atoms with E-state index in [1.807, 2.05) is 85.7 Å². The van der Waals surface area contributed by atoms with Crippen LogP contribution in [-0.2, 0) is 0 Å². The number of pyridine rings is 6. The lowest BCUT2D eigenvalue weighted by Crippen LogP contribution is -1.80. The Labute approximate surface area is 485 Å². The Bertz CT molecular complexity index is 4130. The van der Waals surface area contributed by atoms with Crippen molar-refractivity contribution in [3.63, 3.8) is 0 Å². The summed E-state index contributed by atoms with van der Waals surface area (Å²) in [4.78, 5) is 26.5. The first-order valence-electron chi connectivity index (χ1n) is 28.1. The number of rotatable bonds is 0. The second-order valence-electron chi connectivity index (χ2n) is 20.2. The summed E-state index contributed by atoms with van der Waals surface area (Å²) in [6, 6.07) is 99.8. The number of fused-ring (bicyclic) bond motifs is 18. The van der Waals surface area contributed by atoms with Crippen molar-refractivity contribution in [3.05, 3.63) is 328 Å². The number of benzene rings is 12. The number of hydrogen-bond donors (Lipinski definition) is 0. The van der Waals surface area contributed by atoms with E-state index in [1.54, 1.807) is 0 Å². The van der Waals surface area contributed by atoms with Gasteiger partial charge in [-0.25, -0.2) is 0 Å². The van der Waals surface area contributed by atoms with Gasteiger partial charge < -0.3 is 0 Å². The molecule has 84 heavy (non-hydrogen) atoms. The first-order chi connectivity index (χ1) is 41.7. The Morgan fingerprint density at radius 2 is 0.357 bits per heavy atom. The fraction of sp³-hybridized carbons (Fsp3) is 0. The van der Waals surface area contributed by atoms with Crippen LogP contribution in [0.15, 0.2) is 328 Å². The van der Waals surface area contributed by atoms with Gasteiger partial charge in [0.1, 0.15) is 0 Å². The molecule has 0 saturated carbocycles. The topological polar surface area (TPSA) is 77.3 Å². The van der Waals surface area contributed by atoms with Crippen molar-refractivity contribution in [2.75, 3.05) is 0 Å². The minimum atomic E-state index is 1.06. The molecule has 18 aromatic rings. The molecule has 0 N–H and O–H groups in total. The third kappa shape index (κ3) is 11.2. The highest BCUT2D eigenvalue weighted by Gasteiger charge is 2.04. The van der Waals surface area contributed by atoms with Crippen molar-refractivity contribution in [3.8, 4) is 0 Å². The van der Waals surface area contributed by atoms with Crippen LogP contribution in [0.2, 0.25) is 0 Å². The molecule has 0 amide bonds. The van der Waals surface area contributed by atoms with Crippen molar-refractivity contribution in [1.29, 1.82) is 0 Å². The first kappa shape index (κ1) is 52.1. The maximum atomic E-state index is 4.41. The second kappa shape index (κ2) is 24.6. The van der Waals surface area contributed by atoms with E-state index in [9.17, 15) is 0 Å². The lowest BCUT2D eigenvalue weighted by Gasteiger charge is -2.01. The maximum Gasteiger partial charge on any atom is 0.0780 e. The summed E-state index contributed by atoms with van der Waals surface area (Å²) in [6.45, 7) is 0. The van der Waals surface area contributed by atoms with E-state index >= 15 is 0 Å². The van der Waals surface area contributed by atoms with Crippen LogP contribution in [0, 0.1) is 0 Å². The number of para-hydroxylation sites is 1. The van der Waals surface area contributed by atoms with Crippen molar-refractivity contribution in [2.45, 2.75) is 0 Å². The average molecular weight is 1080 g/mol. The molecular weight excluding hydrogens is 1020 g/mol. The van der Waals surface area contributed by atoms with Crippen molar-refractivity contribution < 1.29 is 0 Å². The molecule has 18 rings (SSSR count). The van der Waals surface area contributed by atoms with Gasteiger partial charge in [0.25, 0.3) is 0 Å². The molecule has 0 aliphatic rings. The Morgan fingerprint density at radius 3 is 0.655 bits per heavy atom. The van der Waals surface area contributed by atoms with Gasteiger partial charge in [-0.05, 0) is 68.7 Å². The van der Waals surface area contributed by atoms with Gasteiger partial charge in [-0.3, -0.25) is 29.9 Å². The third-order valence-electron chi connectivity index (χ3n) is 15.0. The van der Waals surface area contributed by atoms with Crippen molar-refractivity contribution in [2.24, 2.45) is 0 Å². The quantitative estimate of drug-likeness (QED) is 0.141. The van der Waals surface area contributed by atoms with Crippen LogP contribution in [0.3, 0.4) is 0 Å². The molecule has 6 nitrogen and oxygen atoms in total. The monoisotopic (exact) mass is 1070 g/mol. The van der Waals surface area contributed by atoms with Gasteiger partial charge in [0.2, 0.25) is 0 Å². The highest BCUT2D eigenvalue weighted by atomic mass is 14.7. The lowest BCUT2D eigenvalue weighted by molar-refractivity contribution is 1.43. The minimum absolute atomic E-state index is 1.06. The molecule has 0 bridgehead atoms. The van der Waals surface area contributed by atoms with Gasteiger partial charge in [-0.1, -0.05) is 255 Å². The van der Waals surface area contributed by atoms with Gasteiger partial charge >= 0.3 is 0 Å². The summed E-state index contributed by atoms with van der Waals surface area (Å²) < 4.78 is 0. The van der Waals surface area contributed by atoms with Crippen LogP contribution in [0.5, 0.6) is 0 Å². The van der Waals surface area contributed by atoms with Crippen LogP contribution in [0.1, 0.15) is 0 Å². The Morgan fingerprint density at radius 1 is 0.143 bits per heavy atom. The molecule has 0 spiro atoms. The summed E-state index contributed by atoms with van der Waals surface area (Å²) in [5, 5.41) is 22.1. The van der Waals surface area contributed by atoms with E-state index in [0.29, 0.717) is 0 Å². The molecule has 6 aromatic heterocycles. The van der Waals surface area contributed by atoms with Gasteiger partial charge in [-0.2, -0.15) is 0 Å². The van der Waals surface area contributed by atoms with Crippen molar-refractivity contribution in [1.82, 2.24) is 29.9 Å².